The molecule has 0 spiro atoms. The van der Waals surface area contributed by atoms with Crippen molar-refractivity contribution in [3.8, 4) is 5.75 Å². The molecule has 1 aromatic rings. The van der Waals surface area contributed by atoms with Crippen molar-refractivity contribution in [1.82, 2.24) is 0 Å². The van der Waals surface area contributed by atoms with E-state index in [0.29, 0.717) is 0 Å². The molecule has 1 rings (SSSR count). The standard InChI is InChI=1S/C13H21NOS/c1-3-5-9-16-11-6-7-12(14)13(10-11)15-8-4-2/h6-7,10H,3-5,8-9,14H2,1-2H3. The molecule has 0 aromatic heterocycles. The van der Waals surface area contributed by atoms with Crippen LogP contribution in [0.5, 0.6) is 5.75 Å². The molecule has 0 bridgehead atoms. The molecule has 0 fully saturated rings. The molecule has 0 amide bonds. The molecule has 0 unspecified atom stereocenters. The molecule has 1 aromatic carbocycles. The van der Waals surface area contributed by atoms with Crippen molar-refractivity contribution >= 4 is 17.4 Å². The van der Waals surface area contributed by atoms with Crippen LogP contribution in [0.15, 0.2) is 23.1 Å². The molecule has 2 N–H and O–H groups in total. The first-order valence-electron chi connectivity index (χ1n) is 5.93. The smallest absolute Gasteiger partial charge is 0.143 e. The Morgan fingerprint density at radius 2 is 2.06 bits per heavy atom. The number of nitrogen functional groups attached to an aromatic ring is 1. The molecule has 0 saturated heterocycles. The molecule has 3 heteroatoms. The molecule has 0 aliphatic rings. The topological polar surface area (TPSA) is 35.2 Å². The van der Waals surface area contributed by atoms with Crippen LogP contribution in [-0.4, -0.2) is 12.4 Å². The second-order valence-electron chi connectivity index (χ2n) is 3.75. The van der Waals surface area contributed by atoms with Crippen molar-refractivity contribution < 1.29 is 4.74 Å². The van der Waals surface area contributed by atoms with Crippen molar-refractivity contribution in [3.05, 3.63) is 18.2 Å². The Labute approximate surface area is 103 Å². The normalized spacial score (nSPS) is 10.4. The van der Waals surface area contributed by atoms with E-state index in [1.54, 1.807) is 0 Å². The number of anilines is 1. The van der Waals surface area contributed by atoms with Crippen molar-refractivity contribution in [2.45, 2.75) is 38.0 Å². The van der Waals surface area contributed by atoms with Crippen LogP contribution in [-0.2, 0) is 0 Å². The van der Waals surface area contributed by atoms with Gasteiger partial charge in [0.1, 0.15) is 5.75 Å². The third-order valence-electron chi connectivity index (χ3n) is 2.21. The monoisotopic (exact) mass is 239 g/mol. The summed E-state index contributed by atoms with van der Waals surface area (Å²) in [5.74, 6) is 1.98. The Morgan fingerprint density at radius 1 is 1.25 bits per heavy atom. The first kappa shape index (κ1) is 13.2. The van der Waals surface area contributed by atoms with E-state index >= 15 is 0 Å². The maximum absolute atomic E-state index is 5.85. The van der Waals surface area contributed by atoms with Crippen molar-refractivity contribution in [1.29, 1.82) is 0 Å². The minimum absolute atomic E-state index is 0.729. The number of benzene rings is 1. The van der Waals surface area contributed by atoms with Crippen LogP contribution < -0.4 is 10.5 Å². The van der Waals surface area contributed by atoms with Gasteiger partial charge in [0.05, 0.1) is 12.3 Å². The highest BCUT2D eigenvalue weighted by Gasteiger charge is 2.02. The summed E-state index contributed by atoms with van der Waals surface area (Å²) >= 11 is 1.87. The van der Waals surface area contributed by atoms with Gasteiger partial charge < -0.3 is 10.5 Å². The van der Waals surface area contributed by atoms with Gasteiger partial charge in [-0.25, -0.2) is 0 Å². The van der Waals surface area contributed by atoms with E-state index in [-0.39, 0.29) is 0 Å². The van der Waals surface area contributed by atoms with Crippen LogP contribution in [0.4, 0.5) is 5.69 Å². The molecule has 0 heterocycles. The third kappa shape index (κ3) is 4.35. The van der Waals surface area contributed by atoms with E-state index in [0.717, 1.165) is 30.2 Å². The van der Waals surface area contributed by atoms with Crippen LogP contribution in [0, 0.1) is 0 Å². The molecule has 16 heavy (non-hydrogen) atoms. The van der Waals surface area contributed by atoms with Crippen LogP contribution >= 0.6 is 11.8 Å². The van der Waals surface area contributed by atoms with Gasteiger partial charge in [-0.15, -0.1) is 11.8 Å². The predicted molar refractivity (Wildman–Crippen MR) is 72.3 cm³/mol. The SMILES string of the molecule is CCCCSc1ccc(N)c(OCCC)c1. The van der Waals surface area contributed by atoms with Crippen LogP contribution in [0.2, 0.25) is 0 Å². The summed E-state index contributed by atoms with van der Waals surface area (Å²) in [6.45, 7) is 5.03. The number of hydrogen-bond donors (Lipinski definition) is 1. The lowest BCUT2D eigenvalue weighted by molar-refractivity contribution is 0.318. The molecule has 90 valence electrons. The Morgan fingerprint density at radius 3 is 2.75 bits per heavy atom. The van der Waals surface area contributed by atoms with Crippen molar-refractivity contribution in [2.75, 3.05) is 18.1 Å². The molecule has 0 saturated carbocycles. The molecule has 0 radical (unpaired) electrons. The van der Waals surface area contributed by atoms with Gasteiger partial charge in [-0.1, -0.05) is 20.3 Å². The van der Waals surface area contributed by atoms with Crippen LogP contribution in [0.3, 0.4) is 0 Å². The maximum Gasteiger partial charge on any atom is 0.143 e. The van der Waals surface area contributed by atoms with Crippen LogP contribution in [0.1, 0.15) is 33.1 Å². The lowest BCUT2D eigenvalue weighted by Gasteiger charge is -2.09. The summed E-state index contributed by atoms with van der Waals surface area (Å²) in [7, 11) is 0. The number of ether oxygens (including phenoxy) is 1. The first-order valence-corrected chi connectivity index (χ1v) is 6.91. The fourth-order valence-corrected chi connectivity index (χ4v) is 2.30. The summed E-state index contributed by atoms with van der Waals surface area (Å²) in [4.78, 5) is 1.24. The zero-order chi connectivity index (χ0) is 11.8. The summed E-state index contributed by atoms with van der Waals surface area (Å²) in [5, 5.41) is 0. The minimum Gasteiger partial charge on any atom is -0.491 e. The van der Waals surface area contributed by atoms with Gasteiger partial charge in [-0.05, 0) is 36.8 Å². The quantitative estimate of drug-likeness (QED) is 0.444. The number of hydrogen-bond acceptors (Lipinski definition) is 3. The van der Waals surface area contributed by atoms with Gasteiger partial charge in [0.2, 0.25) is 0 Å². The largest absolute Gasteiger partial charge is 0.491 e. The zero-order valence-electron chi connectivity index (χ0n) is 10.2. The van der Waals surface area contributed by atoms with Crippen molar-refractivity contribution in [2.24, 2.45) is 0 Å². The van der Waals surface area contributed by atoms with Crippen LogP contribution in [0.25, 0.3) is 0 Å². The van der Waals surface area contributed by atoms with E-state index in [4.69, 9.17) is 10.5 Å². The Balaban J connectivity index is 2.58. The average molecular weight is 239 g/mol. The number of nitrogens with two attached hydrogens (primary N) is 1. The van der Waals surface area contributed by atoms with E-state index in [2.05, 4.69) is 19.9 Å². The lowest BCUT2D eigenvalue weighted by atomic mass is 10.3. The Hall–Kier alpha value is -0.830. The van der Waals surface area contributed by atoms with E-state index in [1.165, 1.54) is 17.7 Å². The molecule has 2 nitrogen and oxygen atoms in total. The van der Waals surface area contributed by atoms with E-state index in [1.807, 2.05) is 23.9 Å². The van der Waals surface area contributed by atoms with Crippen molar-refractivity contribution in [3.63, 3.8) is 0 Å². The first-order chi connectivity index (χ1) is 7.77. The fraction of sp³-hybridized carbons (Fsp3) is 0.538. The second kappa shape index (κ2) is 7.44. The number of thioether (sulfide) groups is 1. The van der Waals surface area contributed by atoms with Gasteiger partial charge in [-0.3, -0.25) is 0 Å². The highest BCUT2D eigenvalue weighted by molar-refractivity contribution is 7.99. The highest BCUT2D eigenvalue weighted by Crippen LogP contribution is 2.29. The van der Waals surface area contributed by atoms with Gasteiger partial charge >= 0.3 is 0 Å². The summed E-state index contributed by atoms with van der Waals surface area (Å²) in [6.07, 6.45) is 3.49. The molecule has 0 aliphatic heterocycles. The molecular weight excluding hydrogens is 218 g/mol. The van der Waals surface area contributed by atoms with E-state index < -0.39 is 0 Å². The lowest BCUT2D eigenvalue weighted by Crippen LogP contribution is -1.99. The molecular formula is C13H21NOS. The van der Waals surface area contributed by atoms with Gasteiger partial charge in [0, 0.05) is 4.90 Å². The number of rotatable bonds is 7. The Bertz CT molecular complexity index is 315. The second-order valence-corrected chi connectivity index (χ2v) is 4.92. The fourth-order valence-electron chi connectivity index (χ4n) is 1.28. The van der Waals surface area contributed by atoms with Gasteiger partial charge in [0.25, 0.3) is 0 Å². The zero-order valence-corrected chi connectivity index (χ0v) is 11.0. The molecule has 0 aliphatic carbocycles. The third-order valence-corrected chi connectivity index (χ3v) is 3.29. The van der Waals surface area contributed by atoms with E-state index in [9.17, 15) is 0 Å². The highest BCUT2D eigenvalue weighted by atomic mass is 32.2. The number of unbranched alkanes of at least 4 members (excludes halogenated alkanes) is 1. The van der Waals surface area contributed by atoms with Gasteiger partial charge in [-0.2, -0.15) is 0 Å². The Kier molecular flexibility index (Phi) is 6.16. The minimum atomic E-state index is 0.729. The summed E-state index contributed by atoms with van der Waals surface area (Å²) in [5.41, 5.74) is 6.58. The predicted octanol–water partition coefficient (Wildman–Crippen LogP) is 3.95. The van der Waals surface area contributed by atoms with Gasteiger partial charge in [0.15, 0.2) is 0 Å². The summed E-state index contributed by atoms with van der Waals surface area (Å²) in [6, 6.07) is 6.04. The summed E-state index contributed by atoms with van der Waals surface area (Å²) < 4.78 is 5.59. The molecule has 0 atom stereocenters. The maximum atomic E-state index is 5.85. The average Bonchev–Trinajstić information content (AvgIpc) is 2.30.